The number of carbonyl (C=O) groups is 1. The third-order valence-electron chi connectivity index (χ3n) is 5.46. The van der Waals surface area contributed by atoms with E-state index >= 15 is 0 Å². The maximum Gasteiger partial charge on any atom is 0.343 e. The van der Waals surface area contributed by atoms with Crippen LogP contribution >= 0.6 is 0 Å². The van der Waals surface area contributed by atoms with Gasteiger partial charge in [-0.15, -0.1) is 0 Å². The number of carbonyl (C=O) groups excluding carboxylic acids is 1. The van der Waals surface area contributed by atoms with E-state index in [-0.39, 0.29) is 19.4 Å². The van der Waals surface area contributed by atoms with Crippen molar-refractivity contribution in [1.29, 1.82) is 0 Å². The average molecular weight is 392 g/mol. The number of benzene rings is 1. The fourth-order valence-corrected chi connectivity index (χ4v) is 3.89. The predicted molar refractivity (Wildman–Crippen MR) is 99.8 cm³/mol. The van der Waals surface area contributed by atoms with Gasteiger partial charge in [-0.2, -0.15) is 0 Å². The van der Waals surface area contributed by atoms with Crippen molar-refractivity contribution in [2.24, 2.45) is 5.92 Å². The minimum Gasteiger partial charge on any atom is -0.463 e. The van der Waals surface area contributed by atoms with Crippen LogP contribution in [0.1, 0.15) is 43.5 Å². The molecule has 1 aliphatic rings. The van der Waals surface area contributed by atoms with E-state index in [9.17, 15) is 18.7 Å². The summed E-state index contributed by atoms with van der Waals surface area (Å²) in [5.41, 5.74) is -1.77. The molecule has 1 fully saturated rings. The second-order valence-electron chi connectivity index (χ2n) is 7.44. The first-order valence-corrected chi connectivity index (χ1v) is 9.63. The van der Waals surface area contributed by atoms with Crippen molar-refractivity contribution in [1.82, 2.24) is 9.55 Å². The molecule has 0 amide bonds. The molecule has 152 valence electrons. The Morgan fingerprint density at radius 2 is 2.14 bits per heavy atom. The van der Waals surface area contributed by atoms with E-state index in [2.05, 4.69) is 4.98 Å². The lowest BCUT2D eigenvalue weighted by Crippen LogP contribution is -2.48. The minimum absolute atomic E-state index is 0.0920. The predicted octanol–water partition coefficient (Wildman–Crippen LogP) is 3.84. The Morgan fingerprint density at radius 1 is 1.39 bits per heavy atom. The molecule has 0 bridgehead atoms. The van der Waals surface area contributed by atoms with Crippen LogP contribution in [0.4, 0.5) is 8.78 Å². The maximum absolute atomic E-state index is 14.0. The zero-order chi connectivity index (χ0) is 20.2. The van der Waals surface area contributed by atoms with Gasteiger partial charge in [-0.3, -0.25) is 0 Å². The number of hydrogen-bond acceptors (Lipinski definition) is 4. The molecule has 5 nitrogen and oxygen atoms in total. The van der Waals surface area contributed by atoms with Crippen LogP contribution in [-0.4, -0.2) is 33.2 Å². The standard InChI is InChI=1S/C21H26F2N2O3/c1-16-24-11-13-25(16)12-6-14-28-19(26)21(27,17-7-3-2-4-8-17)18-9-5-10-20(22,23)15-18/h2-4,7-8,11,13,18,27H,5-6,9-10,12,14-15H2,1H3/t18?,21-/m0/s1. The van der Waals surface area contributed by atoms with Crippen molar-refractivity contribution >= 4 is 5.97 Å². The van der Waals surface area contributed by atoms with Crippen LogP contribution in [0.15, 0.2) is 42.7 Å². The minimum atomic E-state index is -2.88. The Bertz CT molecular complexity index is 794. The average Bonchev–Trinajstić information content (AvgIpc) is 3.09. The van der Waals surface area contributed by atoms with E-state index in [0.29, 0.717) is 24.9 Å². The molecular weight excluding hydrogens is 366 g/mol. The summed E-state index contributed by atoms with van der Waals surface area (Å²) in [7, 11) is 0. The molecule has 7 heteroatoms. The van der Waals surface area contributed by atoms with E-state index in [1.165, 1.54) is 0 Å². The van der Waals surface area contributed by atoms with Crippen LogP contribution in [-0.2, 0) is 21.7 Å². The van der Waals surface area contributed by atoms with Crippen molar-refractivity contribution in [2.45, 2.75) is 57.1 Å². The third-order valence-corrected chi connectivity index (χ3v) is 5.46. The van der Waals surface area contributed by atoms with Crippen LogP contribution in [0.25, 0.3) is 0 Å². The van der Waals surface area contributed by atoms with Gasteiger partial charge in [0.1, 0.15) is 5.82 Å². The molecule has 1 aromatic heterocycles. The molecule has 3 rings (SSSR count). The topological polar surface area (TPSA) is 64.4 Å². The molecule has 1 heterocycles. The highest BCUT2D eigenvalue weighted by molar-refractivity contribution is 5.81. The van der Waals surface area contributed by atoms with Gasteiger partial charge in [0.15, 0.2) is 5.60 Å². The third kappa shape index (κ3) is 4.41. The van der Waals surface area contributed by atoms with E-state index in [4.69, 9.17) is 4.74 Å². The SMILES string of the molecule is Cc1nccn1CCCOC(=O)[C@](O)(c1ccccc1)C1CCCC(F)(F)C1. The number of halogens is 2. The number of nitrogens with zero attached hydrogens (tertiary/aromatic N) is 2. The summed E-state index contributed by atoms with van der Waals surface area (Å²) in [6, 6.07) is 8.27. The molecule has 0 radical (unpaired) electrons. The summed E-state index contributed by atoms with van der Waals surface area (Å²) in [6.45, 7) is 2.59. The lowest BCUT2D eigenvalue weighted by Gasteiger charge is -2.39. The smallest absolute Gasteiger partial charge is 0.343 e. The summed E-state index contributed by atoms with van der Waals surface area (Å²) in [6.07, 6.45) is 3.94. The zero-order valence-electron chi connectivity index (χ0n) is 16.0. The van der Waals surface area contributed by atoms with Gasteiger partial charge in [-0.05, 0) is 31.7 Å². The van der Waals surface area contributed by atoms with Gasteiger partial charge in [-0.1, -0.05) is 30.3 Å². The van der Waals surface area contributed by atoms with Gasteiger partial charge >= 0.3 is 5.97 Å². The van der Waals surface area contributed by atoms with Crippen molar-refractivity contribution in [3.63, 3.8) is 0 Å². The first-order valence-electron chi connectivity index (χ1n) is 9.63. The van der Waals surface area contributed by atoms with Gasteiger partial charge in [0.25, 0.3) is 0 Å². The molecular formula is C21H26F2N2O3. The Kier molecular flexibility index (Phi) is 6.13. The Hall–Kier alpha value is -2.28. The number of hydrogen-bond donors (Lipinski definition) is 1. The van der Waals surface area contributed by atoms with E-state index in [1.54, 1.807) is 36.5 Å². The number of rotatable bonds is 7. The molecule has 1 saturated carbocycles. The van der Waals surface area contributed by atoms with E-state index < -0.39 is 29.8 Å². The summed E-state index contributed by atoms with van der Waals surface area (Å²) in [4.78, 5) is 17.0. The number of ether oxygens (including phenoxy) is 1. The Labute approximate surface area is 163 Å². The number of imidazole rings is 1. The highest BCUT2D eigenvalue weighted by atomic mass is 19.3. The van der Waals surface area contributed by atoms with Crippen LogP contribution in [0, 0.1) is 12.8 Å². The van der Waals surface area contributed by atoms with Crippen molar-refractivity contribution in [3.8, 4) is 0 Å². The largest absolute Gasteiger partial charge is 0.463 e. The number of esters is 1. The molecule has 0 saturated heterocycles. The van der Waals surface area contributed by atoms with Crippen LogP contribution < -0.4 is 0 Å². The number of aliphatic hydroxyl groups is 1. The highest BCUT2D eigenvalue weighted by Crippen LogP contribution is 2.45. The summed E-state index contributed by atoms with van der Waals surface area (Å²) in [5, 5.41) is 11.3. The maximum atomic E-state index is 14.0. The Morgan fingerprint density at radius 3 is 2.79 bits per heavy atom. The summed E-state index contributed by atoms with van der Waals surface area (Å²) < 4.78 is 35.3. The lowest BCUT2D eigenvalue weighted by molar-refractivity contribution is -0.182. The molecule has 0 aliphatic heterocycles. The van der Waals surface area contributed by atoms with Crippen LogP contribution in [0.3, 0.4) is 0 Å². The van der Waals surface area contributed by atoms with Crippen molar-refractivity contribution < 1.29 is 23.4 Å². The molecule has 2 atom stereocenters. The normalized spacial score (nSPS) is 21.1. The monoisotopic (exact) mass is 392 g/mol. The van der Waals surface area contributed by atoms with Crippen LogP contribution in [0.5, 0.6) is 0 Å². The van der Waals surface area contributed by atoms with Crippen LogP contribution in [0.2, 0.25) is 0 Å². The highest BCUT2D eigenvalue weighted by Gasteiger charge is 2.52. The van der Waals surface area contributed by atoms with E-state index in [1.807, 2.05) is 17.7 Å². The second kappa shape index (κ2) is 8.39. The molecule has 0 spiro atoms. The molecule has 2 aromatic rings. The number of aromatic nitrogens is 2. The van der Waals surface area contributed by atoms with Gasteiger partial charge in [0, 0.05) is 37.7 Å². The van der Waals surface area contributed by atoms with Gasteiger partial charge < -0.3 is 14.4 Å². The fourth-order valence-electron chi connectivity index (χ4n) is 3.89. The molecule has 1 aliphatic carbocycles. The van der Waals surface area contributed by atoms with Gasteiger partial charge in [0.05, 0.1) is 6.61 Å². The van der Waals surface area contributed by atoms with Crippen molar-refractivity contribution in [3.05, 3.63) is 54.1 Å². The first-order chi connectivity index (χ1) is 13.3. The first kappa shape index (κ1) is 20.5. The number of alkyl halides is 2. The lowest BCUT2D eigenvalue weighted by atomic mass is 9.72. The summed E-state index contributed by atoms with van der Waals surface area (Å²) in [5.74, 6) is -3.77. The van der Waals surface area contributed by atoms with Gasteiger partial charge in [-0.25, -0.2) is 18.6 Å². The molecule has 28 heavy (non-hydrogen) atoms. The molecule has 1 unspecified atom stereocenters. The van der Waals surface area contributed by atoms with Gasteiger partial charge in [0.2, 0.25) is 5.92 Å². The second-order valence-corrected chi connectivity index (χ2v) is 7.44. The molecule has 1 N–H and O–H groups in total. The summed E-state index contributed by atoms with van der Waals surface area (Å²) >= 11 is 0. The Balaban J connectivity index is 1.71. The molecule has 1 aromatic carbocycles. The van der Waals surface area contributed by atoms with Crippen molar-refractivity contribution in [2.75, 3.05) is 6.61 Å². The number of aryl methyl sites for hydroxylation is 2. The quantitative estimate of drug-likeness (QED) is 0.574. The van der Waals surface area contributed by atoms with E-state index in [0.717, 1.165) is 5.82 Å². The zero-order valence-corrected chi connectivity index (χ0v) is 16.0. The fraction of sp³-hybridized carbons (Fsp3) is 0.524.